The van der Waals surface area contributed by atoms with Crippen LogP contribution in [0.4, 0.5) is 4.39 Å². The van der Waals surface area contributed by atoms with Gasteiger partial charge in [-0.15, -0.1) is 0 Å². The molecule has 3 nitrogen and oxygen atoms in total. The van der Waals surface area contributed by atoms with Crippen molar-refractivity contribution in [1.82, 2.24) is 5.32 Å². The largest absolute Gasteiger partial charge is 0.493 e. The molecule has 0 bridgehead atoms. The standard InChI is InChI=1S/C23H21BrCl2FNO2/c1-29-22-11-17(13-28-9-8-16-4-2-3-5-21(16)27)18(24)12-23(22)30-14-15-6-7-19(25)20(26)10-15/h2-7,10-12,28H,8-9,13-14H2,1H3. The van der Waals surface area contributed by atoms with Crippen molar-refractivity contribution in [2.24, 2.45) is 0 Å². The van der Waals surface area contributed by atoms with Crippen molar-refractivity contribution in [1.29, 1.82) is 0 Å². The Morgan fingerprint density at radius 2 is 1.77 bits per heavy atom. The zero-order valence-corrected chi connectivity index (χ0v) is 19.5. The number of rotatable bonds is 9. The lowest BCUT2D eigenvalue weighted by Gasteiger charge is -2.15. The summed E-state index contributed by atoms with van der Waals surface area (Å²) in [7, 11) is 1.60. The second-order valence-corrected chi connectivity index (χ2v) is 8.32. The molecule has 0 saturated carbocycles. The molecule has 3 aromatic rings. The van der Waals surface area contributed by atoms with E-state index < -0.39 is 0 Å². The first kappa shape index (κ1) is 22.9. The molecule has 0 saturated heterocycles. The summed E-state index contributed by atoms with van der Waals surface area (Å²) in [6.45, 7) is 1.60. The predicted octanol–water partition coefficient (Wildman–Crippen LogP) is 6.81. The van der Waals surface area contributed by atoms with Crippen LogP contribution >= 0.6 is 39.1 Å². The zero-order chi connectivity index (χ0) is 21.5. The summed E-state index contributed by atoms with van der Waals surface area (Å²) in [5.74, 6) is 1.07. The van der Waals surface area contributed by atoms with Crippen LogP contribution in [-0.2, 0) is 19.6 Å². The van der Waals surface area contributed by atoms with Crippen LogP contribution in [0.3, 0.4) is 0 Å². The summed E-state index contributed by atoms with van der Waals surface area (Å²) in [6, 6.07) is 16.0. The molecule has 0 aliphatic rings. The summed E-state index contributed by atoms with van der Waals surface area (Å²) in [4.78, 5) is 0. The molecule has 3 rings (SSSR count). The van der Waals surface area contributed by atoms with E-state index in [4.69, 9.17) is 32.7 Å². The van der Waals surface area contributed by atoms with Crippen LogP contribution in [0.5, 0.6) is 11.5 Å². The van der Waals surface area contributed by atoms with Crippen LogP contribution in [0.15, 0.2) is 59.1 Å². The first-order chi connectivity index (χ1) is 14.5. The third kappa shape index (κ3) is 6.11. The first-order valence-electron chi connectivity index (χ1n) is 9.35. The van der Waals surface area contributed by atoms with Crippen LogP contribution in [0.25, 0.3) is 0 Å². The number of methoxy groups -OCH3 is 1. The van der Waals surface area contributed by atoms with Crippen molar-refractivity contribution < 1.29 is 13.9 Å². The fourth-order valence-corrected chi connectivity index (χ4v) is 3.71. The second-order valence-electron chi connectivity index (χ2n) is 6.65. The SMILES string of the molecule is COc1cc(CNCCc2ccccc2F)c(Br)cc1OCc1ccc(Cl)c(Cl)c1. The maximum Gasteiger partial charge on any atom is 0.162 e. The Balaban J connectivity index is 1.60. The van der Waals surface area contributed by atoms with Gasteiger partial charge in [-0.3, -0.25) is 0 Å². The molecule has 0 atom stereocenters. The molecule has 7 heteroatoms. The Morgan fingerprint density at radius 3 is 2.50 bits per heavy atom. The van der Waals surface area contributed by atoms with E-state index in [2.05, 4.69) is 21.2 Å². The quantitative estimate of drug-likeness (QED) is 0.319. The molecule has 0 aromatic heterocycles. The lowest BCUT2D eigenvalue weighted by Crippen LogP contribution is -2.17. The van der Waals surface area contributed by atoms with Gasteiger partial charge < -0.3 is 14.8 Å². The Morgan fingerprint density at radius 1 is 0.967 bits per heavy atom. The van der Waals surface area contributed by atoms with E-state index in [1.807, 2.05) is 24.3 Å². The number of ether oxygens (including phenoxy) is 2. The summed E-state index contributed by atoms with van der Waals surface area (Å²) >= 11 is 15.6. The van der Waals surface area contributed by atoms with Gasteiger partial charge in [-0.05, 0) is 60.0 Å². The predicted molar refractivity (Wildman–Crippen MR) is 123 cm³/mol. The lowest BCUT2D eigenvalue weighted by molar-refractivity contribution is 0.284. The number of benzene rings is 3. The highest BCUT2D eigenvalue weighted by molar-refractivity contribution is 9.10. The van der Waals surface area contributed by atoms with Gasteiger partial charge in [0.1, 0.15) is 12.4 Å². The third-order valence-corrected chi connectivity index (χ3v) is 6.03. The number of halogens is 4. The molecule has 0 aliphatic carbocycles. The fourth-order valence-electron chi connectivity index (χ4n) is 2.92. The van der Waals surface area contributed by atoms with Gasteiger partial charge in [0.15, 0.2) is 11.5 Å². The molecule has 0 amide bonds. The highest BCUT2D eigenvalue weighted by Gasteiger charge is 2.11. The summed E-state index contributed by atoms with van der Waals surface area (Å²) in [5.41, 5.74) is 2.62. The maximum atomic E-state index is 13.7. The van der Waals surface area contributed by atoms with Crippen LogP contribution in [0.1, 0.15) is 16.7 Å². The summed E-state index contributed by atoms with van der Waals surface area (Å²) < 4.78 is 26.0. The molecule has 1 N–H and O–H groups in total. The average Bonchev–Trinajstić information content (AvgIpc) is 2.74. The fraction of sp³-hybridized carbons (Fsp3) is 0.217. The van der Waals surface area contributed by atoms with E-state index >= 15 is 0 Å². The molecule has 30 heavy (non-hydrogen) atoms. The van der Waals surface area contributed by atoms with Crippen molar-refractivity contribution >= 4 is 39.1 Å². The van der Waals surface area contributed by atoms with Crippen LogP contribution in [0.2, 0.25) is 10.0 Å². The number of nitrogens with one attached hydrogen (secondary N) is 1. The van der Waals surface area contributed by atoms with E-state index in [0.717, 1.165) is 15.6 Å². The van der Waals surface area contributed by atoms with Gasteiger partial charge in [0.25, 0.3) is 0 Å². The minimum atomic E-state index is -0.175. The van der Waals surface area contributed by atoms with E-state index in [9.17, 15) is 4.39 Å². The molecule has 0 unspecified atom stereocenters. The topological polar surface area (TPSA) is 30.5 Å². The molecule has 158 valence electrons. The van der Waals surface area contributed by atoms with E-state index in [-0.39, 0.29) is 5.82 Å². The zero-order valence-electron chi connectivity index (χ0n) is 16.4. The van der Waals surface area contributed by atoms with Crippen LogP contribution in [0, 0.1) is 5.82 Å². The molecule has 0 aliphatic heterocycles. The van der Waals surface area contributed by atoms with Crippen LogP contribution in [-0.4, -0.2) is 13.7 Å². The third-order valence-electron chi connectivity index (χ3n) is 4.56. The van der Waals surface area contributed by atoms with Crippen molar-refractivity contribution in [2.45, 2.75) is 19.6 Å². The lowest BCUT2D eigenvalue weighted by atomic mass is 10.1. The van der Waals surface area contributed by atoms with Crippen molar-refractivity contribution in [2.75, 3.05) is 13.7 Å². The summed E-state index contributed by atoms with van der Waals surface area (Å²) in [5, 5.41) is 4.33. The van der Waals surface area contributed by atoms with E-state index in [1.54, 1.807) is 31.4 Å². The van der Waals surface area contributed by atoms with Crippen molar-refractivity contribution in [3.63, 3.8) is 0 Å². The molecule has 0 fully saturated rings. The Labute approximate surface area is 194 Å². The van der Waals surface area contributed by atoms with Crippen molar-refractivity contribution in [3.05, 3.63) is 91.6 Å². The molecule has 3 aromatic carbocycles. The van der Waals surface area contributed by atoms with Gasteiger partial charge in [0.2, 0.25) is 0 Å². The Kier molecular flexibility index (Phi) is 8.40. The van der Waals surface area contributed by atoms with Gasteiger partial charge in [-0.2, -0.15) is 0 Å². The number of hydrogen-bond acceptors (Lipinski definition) is 3. The van der Waals surface area contributed by atoms with E-state index in [0.29, 0.717) is 53.2 Å². The first-order valence-corrected chi connectivity index (χ1v) is 10.9. The minimum Gasteiger partial charge on any atom is -0.493 e. The highest BCUT2D eigenvalue weighted by Crippen LogP contribution is 2.34. The van der Waals surface area contributed by atoms with E-state index in [1.165, 1.54) is 6.07 Å². The second kappa shape index (κ2) is 11.0. The van der Waals surface area contributed by atoms with Gasteiger partial charge in [-0.1, -0.05) is 63.4 Å². The van der Waals surface area contributed by atoms with Gasteiger partial charge in [0, 0.05) is 11.0 Å². The molecular weight excluding hydrogens is 492 g/mol. The monoisotopic (exact) mass is 511 g/mol. The molecule has 0 spiro atoms. The average molecular weight is 513 g/mol. The van der Waals surface area contributed by atoms with Gasteiger partial charge in [-0.25, -0.2) is 4.39 Å². The smallest absolute Gasteiger partial charge is 0.162 e. The van der Waals surface area contributed by atoms with Gasteiger partial charge >= 0.3 is 0 Å². The van der Waals surface area contributed by atoms with Crippen LogP contribution < -0.4 is 14.8 Å². The Hall–Kier alpha value is -1.79. The molecular formula is C23H21BrCl2FNO2. The molecule has 0 heterocycles. The molecule has 0 radical (unpaired) electrons. The van der Waals surface area contributed by atoms with Crippen molar-refractivity contribution in [3.8, 4) is 11.5 Å². The van der Waals surface area contributed by atoms with Gasteiger partial charge in [0.05, 0.1) is 17.2 Å². The summed E-state index contributed by atoms with van der Waals surface area (Å²) in [6.07, 6.45) is 0.617. The maximum absolute atomic E-state index is 13.7. The number of hydrogen-bond donors (Lipinski definition) is 1. The highest BCUT2D eigenvalue weighted by atomic mass is 79.9. The minimum absolute atomic E-state index is 0.175. The Bertz CT molecular complexity index is 1020. The normalized spacial score (nSPS) is 10.8.